The van der Waals surface area contributed by atoms with Gasteiger partial charge in [-0.1, -0.05) is 12.1 Å². The monoisotopic (exact) mass is 258 g/mol. The van der Waals surface area contributed by atoms with Crippen molar-refractivity contribution in [3.8, 4) is 0 Å². The highest BCUT2D eigenvalue weighted by molar-refractivity contribution is 7.89. The summed E-state index contributed by atoms with van der Waals surface area (Å²) in [6.45, 7) is 4.93. The molecule has 0 aromatic heterocycles. The summed E-state index contributed by atoms with van der Waals surface area (Å²) in [5, 5.41) is 8.10. The highest BCUT2D eigenvalue weighted by Gasteiger charge is 2.12. The molecule has 0 amide bonds. The van der Waals surface area contributed by atoms with Gasteiger partial charge in [0.25, 0.3) is 0 Å². The minimum absolute atomic E-state index is 0.101. The van der Waals surface area contributed by atoms with Crippen molar-refractivity contribution in [3.63, 3.8) is 0 Å². The van der Waals surface area contributed by atoms with E-state index in [4.69, 9.17) is 9.88 Å². The molecule has 1 rings (SSSR count). The van der Waals surface area contributed by atoms with Crippen LogP contribution in [0.15, 0.2) is 29.2 Å². The lowest BCUT2D eigenvalue weighted by Crippen LogP contribution is -2.17. The molecule has 0 heterocycles. The van der Waals surface area contributed by atoms with Gasteiger partial charge in [-0.2, -0.15) is 0 Å². The topological polar surface area (TPSA) is 81.4 Å². The molecule has 1 aromatic rings. The molecule has 0 spiro atoms. The molecular weight excluding hydrogens is 240 g/mol. The number of hydrogen-bond donors (Lipinski definition) is 2. The first-order valence-corrected chi connectivity index (χ1v) is 6.93. The van der Waals surface area contributed by atoms with E-state index in [1.807, 2.05) is 13.8 Å². The fourth-order valence-electron chi connectivity index (χ4n) is 1.34. The van der Waals surface area contributed by atoms with Crippen LogP contribution in [-0.4, -0.2) is 27.7 Å². The average molecular weight is 258 g/mol. The first kappa shape index (κ1) is 14.0. The van der Waals surface area contributed by atoms with Gasteiger partial charge < -0.3 is 10.1 Å². The predicted molar refractivity (Wildman–Crippen MR) is 67.4 cm³/mol. The van der Waals surface area contributed by atoms with Crippen LogP contribution < -0.4 is 10.5 Å². The smallest absolute Gasteiger partial charge is 0.240 e. The van der Waals surface area contributed by atoms with Crippen LogP contribution >= 0.6 is 0 Å². The summed E-state index contributed by atoms with van der Waals surface area (Å²) >= 11 is 0. The number of nitrogens with two attached hydrogens (primary N) is 1. The molecule has 6 heteroatoms. The molecule has 5 nitrogen and oxygen atoms in total. The minimum atomic E-state index is -3.69. The molecule has 0 aliphatic rings. The van der Waals surface area contributed by atoms with E-state index < -0.39 is 10.0 Å². The van der Waals surface area contributed by atoms with Crippen LogP contribution in [0.1, 0.15) is 13.8 Å². The third-order valence-corrected chi connectivity index (χ3v) is 3.03. The van der Waals surface area contributed by atoms with E-state index >= 15 is 0 Å². The van der Waals surface area contributed by atoms with Crippen molar-refractivity contribution in [2.24, 2.45) is 5.14 Å². The maximum atomic E-state index is 11.3. The number of benzene rings is 1. The third kappa shape index (κ3) is 4.72. The highest BCUT2D eigenvalue weighted by atomic mass is 32.2. The Kier molecular flexibility index (Phi) is 4.92. The molecule has 0 radical (unpaired) electrons. The Morgan fingerprint density at radius 3 is 2.59 bits per heavy atom. The van der Waals surface area contributed by atoms with E-state index in [1.165, 1.54) is 6.07 Å². The first-order valence-electron chi connectivity index (χ1n) is 5.38. The van der Waals surface area contributed by atoms with E-state index in [1.54, 1.807) is 18.2 Å². The molecule has 0 fully saturated rings. The van der Waals surface area contributed by atoms with Crippen molar-refractivity contribution in [1.82, 2.24) is 0 Å². The van der Waals surface area contributed by atoms with Crippen LogP contribution in [0.3, 0.4) is 0 Å². The van der Waals surface area contributed by atoms with Gasteiger partial charge in [-0.25, -0.2) is 13.6 Å². The lowest BCUT2D eigenvalue weighted by Gasteiger charge is -2.11. The van der Waals surface area contributed by atoms with Crippen LogP contribution in [0.25, 0.3) is 0 Å². The second-order valence-electron chi connectivity index (χ2n) is 3.89. The van der Waals surface area contributed by atoms with Crippen LogP contribution in [0.2, 0.25) is 0 Å². The van der Waals surface area contributed by atoms with Crippen molar-refractivity contribution in [3.05, 3.63) is 24.3 Å². The summed E-state index contributed by atoms with van der Waals surface area (Å²) < 4.78 is 27.9. The maximum absolute atomic E-state index is 11.3. The number of nitrogens with one attached hydrogen (secondary N) is 1. The molecule has 0 aliphatic heterocycles. The number of sulfonamides is 1. The van der Waals surface area contributed by atoms with Gasteiger partial charge in [0.2, 0.25) is 10.0 Å². The number of rotatable bonds is 6. The summed E-state index contributed by atoms with van der Waals surface area (Å²) in [7, 11) is -3.69. The van der Waals surface area contributed by atoms with Crippen molar-refractivity contribution in [1.29, 1.82) is 0 Å². The molecule has 0 unspecified atom stereocenters. The number of anilines is 1. The van der Waals surface area contributed by atoms with Gasteiger partial charge in [-0.05, 0) is 26.0 Å². The summed E-state index contributed by atoms with van der Waals surface area (Å²) in [4.78, 5) is 0.101. The molecule has 0 aliphatic carbocycles. The number of hydrogen-bond acceptors (Lipinski definition) is 4. The standard InChI is InChI=1S/C11H18N2O3S/c1-9(2)16-8-7-13-10-5-3-4-6-11(10)17(12,14)15/h3-6,9,13H,7-8H2,1-2H3,(H2,12,14,15). The molecular formula is C11H18N2O3S. The zero-order valence-electron chi connectivity index (χ0n) is 10.0. The molecule has 0 bridgehead atoms. The molecule has 1 aromatic carbocycles. The van der Waals surface area contributed by atoms with Gasteiger partial charge in [0.1, 0.15) is 4.90 Å². The van der Waals surface area contributed by atoms with Crippen molar-refractivity contribution >= 4 is 15.7 Å². The molecule has 3 N–H and O–H groups in total. The second kappa shape index (κ2) is 6.00. The predicted octanol–water partition coefficient (Wildman–Crippen LogP) is 1.17. The Morgan fingerprint density at radius 2 is 2.00 bits per heavy atom. The van der Waals surface area contributed by atoms with E-state index in [2.05, 4.69) is 5.32 Å². The minimum Gasteiger partial charge on any atom is -0.382 e. The van der Waals surface area contributed by atoms with Gasteiger partial charge in [0, 0.05) is 6.54 Å². The lowest BCUT2D eigenvalue weighted by molar-refractivity contribution is 0.0870. The van der Waals surface area contributed by atoms with Gasteiger partial charge in [-0.15, -0.1) is 0 Å². The largest absolute Gasteiger partial charge is 0.382 e. The molecule has 0 saturated heterocycles. The first-order chi connectivity index (χ1) is 7.91. The fourth-order valence-corrected chi connectivity index (χ4v) is 2.06. The van der Waals surface area contributed by atoms with Gasteiger partial charge >= 0.3 is 0 Å². The summed E-state index contributed by atoms with van der Waals surface area (Å²) in [6, 6.07) is 6.53. The summed E-state index contributed by atoms with van der Waals surface area (Å²) in [5.41, 5.74) is 0.502. The van der Waals surface area contributed by atoms with E-state index in [0.29, 0.717) is 18.8 Å². The Hall–Kier alpha value is -1.11. The maximum Gasteiger partial charge on any atom is 0.240 e. The Bertz CT molecular complexity index is 458. The van der Waals surface area contributed by atoms with Gasteiger partial charge in [0.15, 0.2) is 0 Å². The summed E-state index contributed by atoms with van der Waals surface area (Å²) in [6.07, 6.45) is 0.158. The van der Waals surface area contributed by atoms with Crippen LogP contribution in [0.5, 0.6) is 0 Å². The fraction of sp³-hybridized carbons (Fsp3) is 0.455. The van der Waals surface area contributed by atoms with Gasteiger partial charge in [0.05, 0.1) is 18.4 Å². The van der Waals surface area contributed by atoms with Crippen LogP contribution in [0, 0.1) is 0 Å². The molecule has 17 heavy (non-hydrogen) atoms. The van der Waals surface area contributed by atoms with E-state index in [-0.39, 0.29) is 11.0 Å². The molecule has 0 atom stereocenters. The zero-order chi connectivity index (χ0) is 12.9. The Balaban J connectivity index is 2.65. The zero-order valence-corrected chi connectivity index (χ0v) is 10.8. The number of primary sulfonamides is 1. The Labute approximate surface area is 102 Å². The normalized spacial score (nSPS) is 11.8. The quantitative estimate of drug-likeness (QED) is 0.750. The third-order valence-electron chi connectivity index (χ3n) is 2.06. The van der Waals surface area contributed by atoms with Crippen molar-refractivity contribution < 1.29 is 13.2 Å². The van der Waals surface area contributed by atoms with Crippen LogP contribution in [-0.2, 0) is 14.8 Å². The molecule has 0 saturated carbocycles. The van der Waals surface area contributed by atoms with Crippen LogP contribution in [0.4, 0.5) is 5.69 Å². The number of para-hydroxylation sites is 1. The summed E-state index contributed by atoms with van der Waals surface area (Å²) in [5.74, 6) is 0. The van der Waals surface area contributed by atoms with E-state index in [0.717, 1.165) is 0 Å². The van der Waals surface area contributed by atoms with Gasteiger partial charge in [-0.3, -0.25) is 0 Å². The highest BCUT2D eigenvalue weighted by Crippen LogP contribution is 2.18. The second-order valence-corrected chi connectivity index (χ2v) is 5.42. The average Bonchev–Trinajstić information content (AvgIpc) is 2.23. The lowest BCUT2D eigenvalue weighted by atomic mass is 10.3. The van der Waals surface area contributed by atoms with Crippen molar-refractivity contribution in [2.75, 3.05) is 18.5 Å². The van der Waals surface area contributed by atoms with E-state index in [9.17, 15) is 8.42 Å². The molecule has 96 valence electrons. The van der Waals surface area contributed by atoms with Crippen molar-refractivity contribution in [2.45, 2.75) is 24.8 Å². The number of ether oxygens (including phenoxy) is 1. The SMILES string of the molecule is CC(C)OCCNc1ccccc1S(N)(=O)=O. The Morgan fingerprint density at radius 1 is 1.35 bits per heavy atom.